The molecule has 1 aromatic carbocycles. The van der Waals surface area contributed by atoms with Crippen molar-refractivity contribution in [1.29, 1.82) is 0 Å². The molecule has 0 aliphatic carbocycles. The highest BCUT2D eigenvalue weighted by molar-refractivity contribution is 7.92. The normalized spacial score (nSPS) is 14.7. The maximum Gasteiger partial charge on any atom is 0.266 e. The van der Waals surface area contributed by atoms with Gasteiger partial charge in [-0.3, -0.25) is 9.52 Å². The molecule has 2 aromatic rings. The molecule has 0 bridgehead atoms. The van der Waals surface area contributed by atoms with Crippen molar-refractivity contribution < 1.29 is 17.9 Å². The predicted molar refractivity (Wildman–Crippen MR) is 100 cm³/mol. The Labute approximate surface area is 158 Å². The van der Waals surface area contributed by atoms with Gasteiger partial charge in [0, 0.05) is 26.2 Å². The number of anilines is 2. The highest BCUT2D eigenvalue weighted by atomic mass is 32.2. The van der Waals surface area contributed by atoms with E-state index in [1.165, 1.54) is 13.2 Å². The van der Waals surface area contributed by atoms with E-state index < -0.39 is 10.0 Å². The minimum Gasteiger partial charge on any atom is -0.495 e. The van der Waals surface area contributed by atoms with E-state index in [-0.39, 0.29) is 16.5 Å². The molecule has 0 unspecified atom stereocenters. The maximum absolute atomic E-state index is 12.7. The Morgan fingerprint density at radius 2 is 1.85 bits per heavy atom. The van der Waals surface area contributed by atoms with E-state index in [2.05, 4.69) is 14.9 Å². The summed E-state index contributed by atoms with van der Waals surface area (Å²) in [6, 6.07) is 8.19. The summed E-state index contributed by atoms with van der Waals surface area (Å²) in [6.45, 7) is 4.34. The smallest absolute Gasteiger partial charge is 0.266 e. The van der Waals surface area contributed by atoms with Crippen LogP contribution in [0.1, 0.15) is 5.56 Å². The van der Waals surface area contributed by atoms with Crippen molar-refractivity contribution in [2.45, 2.75) is 11.8 Å². The second-order valence-electron chi connectivity index (χ2n) is 6.17. The van der Waals surface area contributed by atoms with Crippen molar-refractivity contribution >= 4 is 28.1 Å². The quantitative estimate of drug-likeness (QED) is 0.729. The second-order valence-corrected chi connectivity index (χ2v) is 7.82. The fourth-order valence-corrected chi connectivity index (χ4v) is 4.04. The van der Waals surface area contributed by atoms with Crippen molar-refractivity contribution in [2.24, 2.45) is 0 Å². The van der Waals surface area contributed by atoms with Crippen LogP contribution in [-0.2, 0) is 14.8 Å². The summed E-state index contributed by atoms with van der Waals surface area (Å²) in [6.07, 6.45) is 0.834. The van der Waals surface area contributed by atoms with E-state index in [1.54, 1.807) is 36.1 Å². The molecule has 0 saturated carbocycles. The van der Waals surface area contributed by atoms with Crippen LogP contribution in [0.15, 0.2) is 35.2 Å². The monoisotopic (exact) mass is 391 g/mol. The number of aromatic nitrogens is 2. The van der Waals surface area contributed by atoms with Gasteiger partial charge in [-0.15, -0.1) is 10.2 Å². The van der Waals surface area contributed by atoms with Crippen LogP contribution in [0, 0.1) is 6.92 Å². The van der Waals surface area contributed by atoms with Gasteiger partial charge in [0.15, 0.2) is 11.6 Å². The zero-order chi connectivity index (χ0) is 19.4. The van der Waals surface area contributed by atoms with Gasteiger partial charge >= 0.3 is 0 Å². The van der Waals surface area contributed by atoms with Crippen LogP contribution in [0.4, 0.5) is 11.6 Å². The Morgan fingerprint density at radius 3 is 2.44 bits per heavy atom. The van der Waals surface area contributed by atoms with E-state index in [1.807, 2.05) is 4.90 Å². The molecule has 0 radical (unpaired) electrons. The lowest BCUT2D eigenvalue weighted by Crippen LogP contribution is -2.46. The number of rotatable bonds is 6. The molecule has 3 rings (SSSR count). The number of methoxy groups -OCH3 is 1. The van der Waals surface area contributed by atoms with Gasteiger partial charge in [-0.2, -0.15) is 0 Å². The summed E-state index contributed by atoms with van der Waals surface area (Å²) >= 11 is 0. The minimum absolute atomic E-state index is 0.0425. The lowest BCUT2D eigenvalue weighted by Gasteiger charge is -2.32. The van der Waals surface area contributed by atoms with Gasteiger partial charge in [0.05, 0.1) is 7.11 Å². The fourth-order valence-electron chi connectivity index (χ4n) is 2.79. The lowest BCUT2D eigenvalue weighted by molar-refractivity contribution is -0.118. The second kappa shape index (κ2) is 7.78. The van der Waals surface area contributed by atoms with E-state index in [9.17, 15) is 13.2 Å². The first kappa shape index (κ1) is 18.9. The molecule has 0 atom stereocenters. The van der Waals surface area contributed by atoms with Crippen molar-refractivity contribution in [3.8, 4) is 5.75 Å². The van der Waals surface area contributed by atoms with E-state index in [4.69, 9.17) is 4.74 Å². The fraction of sp³-hybridized carbons (Fsp3) is 0.353. The standard InChI is InChI=1S/C17H21N5O4S/c1-13-3-4-14(26-2)15(11-13)27(24,25)20-16-5-6-17(19-18-16)22-9-7-21(12-23)8-10-22/h3-6,11-12H,7-10H2,1-2H3,(H,18,20). The zero-order valence-corrected chi connectivity index (χ0v) is 15.9. The third kappa shape index (κ3) is 4.27. The number of nitrogens with one attached hydrogen (secondary N) is 1. The number of hydrogen-bond donors (Lipinski definition) is 1. The molecule has 10 heteroatoms. The molecular weight excluding hydrogens is 370 g/mol. The van der Waals surface area contributed by atoms with Crippen molar-refractivity contribution in [2.75, 3.05) is 42.9 Å². The topological polar surface area (TPSA) is 105 Å². The molecule has 1 fully saturated rings. The number of sulfonamides is 1. The van der Waals surface area contributed by atoms with E-state index in [0.717, 1.165) is 12.0 Å². The molecular formula is C17H21N5O4S. The summed E-state index contributed by atoms with van der Waals surface area (Å²) in [5, 5.41) is 8.08. The number of ether oxygens (including phenoxy) is 1. The number of aryl methyl sites for hydroxylation is 1. The first-order chi connectivity index (χ1) is 12.9. The Hall–Kier alpha value is -2.88. The molecule has 1 amide bonds. The van der Waals surface area contributed by atoms with E-state index in [0.29, 0.717) is 32.0 Å². The zero-order valence-electron chi connectivity index (χ0n) is 15.1. The summed E-state index contributed by atoms with van der Waals surface area (Å²) in [5.41, 5.74) is 0.798. The number of carbonyl (C=O) groups excluding carboxylic acids is 1. The average molecular weight is 391 g/mol. The summed E-state index contributed by atoms with van der Waals surface area (Å²) in [5.74, 6) is 1.01. The van der Waals surface area contributed by atoms with Crippen molar-refractivity contribution in [3.63, 3.8) is 0 Å². The van der Waals surface area contributed by atoms with Gasteiger partial charge in [-0.05, 0) is 36.8 Å². The first-order valence-corrected chi connectivity index (χ1v) is 9.87. The van der Waals surface area contributed by atoms with Gasteiger partial charge in [-0.1, -0.05) is 6.07 Å². The van der Waals surface area contributed by atoms with Gasteiger partial charge in [0.1, 0.15) is 10.6 Å². The van der Waals surface area contributed by atoms with Crippen LogP contribution >= 0.6 is 0 Å². The van der Waals surface area contributed by atoms with Crippen LogP contribution in [-0.4, -0.2) is 63.2 Å². The number of hydrogen-bond acceptors (Lipinski definition) is 7. The number of amides is 1. The van der Waals surface area contributed by atoms with Gasteiger partial charge in [0.25, 0.3) is 10.0 Å². The molecule has 144 valence electrons. The molecule has 0 spiro atoms. The van der Waals surface area contributed by atoms with Crippen LogP contribution < -0.4 is 14.4 Å². The molecule has 27 heavy (non-hydrogen) atoms. The molecule has 1 aromatic heterocycles. The molecule has 1 N–H and O–H groups in total. The van der Waals surface area contributed by atoms with Crippen LogP contribution in [0.5, 0.6) is 5.75 Å². The Balaban J connectivity index is 1.75. The molecule has 1 aliphatic heterocycles. The third-order valence-corrected chi connectivity index (χ3v) is 5.66. The third-order valence-electron chi connectivity index (χ3n) is 4.29. The molecule has 2 heterocycles. The minimum atomic E-state index is -3.86. The Bertz CT molecular complexity index is 909. The van der Waals surface area contributed by atoms with Gasteiger partial charge in [-0.25, -0.2) is 8.42 Å². The van der Waals surface area contributed by atoms with Crippen LogP contribution in [0.25, 0.3) is 0 Å². The maximum atomic E-state index is 12.7. The number of benzene rings is 1. The van der Waals surface area contributed by atoms with Gasteiger partial charge in [0.2, 0.25) is 6.41 Å². The predicted octanol–water partition coefficient (Wildman–Crippen LogP) is 0.873. The van der Waals surface area contributed by atoms with Crippen LogP contribution in [0.3, 0.4) is 0 Å². The van der Waals surface area contributed by atoms with Crippen molar-refractivity contribution in [1.82, 2.24) is 15.1 Å². The number of piperazine rings is 1. The largest absolute Gasteiger partial charge is 0.495 e. The van der Waals surface area contributed by atoms with Crippen LogP contribution in [0.2, 0.25) is 0 Å². The Kier molecular flexibility index (Phi) is 5.45. The first-order valence-electron chi connectivity index (χ1n) is 8.38. The van der Waals surface area contributed by atoms with Gasteiger partial charge < -0.3 is 14.5 Å². The SMILES string of the molecule is COc1ccc(C)cc1S(=O)(=O)Nc1ccc(N2CCN(C=O)CC2)nn1. The molecule has 9 nitrogen and oxygen atoms in total. The summed E-state index contributed by atoms with van der Waals surface area (Å²) < 4.78 is 32.9. The highest BCUT2D eigenvalue weighted by Gasteiger charge is 2.21. The number of carbonyl (C=O) groups is 1. The summed E-state index contributed by atoms with van der Waals surface area (Å²) in [7, 11) is -2.44. The molecule has 1 saturated heterocycles. The average Bonchev–Trinajstić information content (AvgIpc) is 2.68. The Morgan fingerprint density at radius 1 is 1.11 bits per heavy atom. The van der Waals surface area contributed by atoms with E-state index >= 15 is 0 Å². The summed E-state index contributed by atoms with van der Waals surface area (Å²) in [4.78, 5) is 14.5. The lowest BCUT2D eigenvalue weighted by atomic mass is 10.2. The number of nitrogens with zero attached hydrogens (tertiary/aromatic N) is 4. The molecule has 1 aliphatic rings. The highest BCUT2D eigenvalue weighted by Crippen LogP contribution is 2.26. The van der Waals surface area contributed by atoms with Crippen molar-refractivity contribution in [3.05, 3.63) is 35.9 Å².